The van der Waals surface area contributed by atoms with Gasteiger partial charge in [-0.25, -0.2) is 17.6 Å². The Bertz CT molecular complexity index is 613. The van der Waals surface area contributed by atoms with Crippen LogP contribution in [0, 0.1) is 30.2 Å². The SMILES string of the molecule is Cc1cc(C(Cl)c2cc(F)c(Cl)cc2F)c(F)cc1F. The molecule has 0 aliphatic rings. The van der Waals surface area contributed by atoms with Crippen LogP contribution in [0.3, 0.4) is 0 Å². The molecule has 0 amide bonds. The van der Waals surface area contributed by atoms with Gasteiger partial charge < -0.3 is 0 Å². The normalized spacial score (nSPS) is 12.6. The summed E-state index contributed by atoms with van der Waals surface area (Å²) in [5.74, 6) is -3.40. The number of hydrogen-bond donors (Lipinski definition) is 0. The molecule has 2 aromatic rings. The van der Waals surface area contributed by atoms with Crippen molar-refractivity contribution in [1.82, 2.24) is 0 Å². The molecule has 6 heteroatoms. The average Bonchev–Trinajstić information content (AvgIpc) is 2.37. The van der Waals surface area contributed by atoms with Crippen LogP contribution in [0.2, 0.25) is 5.02 Å². The summed E-state index contributed by atoms with van der Waals surface area (Å²) in [4.78, 5) is 0. The van der Waals surface area contributed by atoms with Gasteiger partial charge in [-0.05, 0) is 30.7 Å². The van der Waals surface area contributed by atoms with E-state index in [0.717, 1.165) is 18.2 Å². The fourth-order valence-electron chi connectivity index (χ4n) is 1.77. The quantitative estimate of drug-likeness (QED) is 0.387. The Morgan fingerprint density at radius 2 is 1.35 bits per heavy atom. The molecule has 0 nitrogen and oxygen atoms in total. The molecule has 0 heterocycles. The molecule has 0 saturated heterocycles. The molecule has 0 N–H and O–H groups in total. The van der Waals surface area contributed by atoms with Crippen molar-refractivity contribution in [2.24, 2.45) is 0 Å². The van der Waals surface area contributed by atoms with Crippen molar-refractivity contribution >= 4 is 23.2 Å². The van der Waals surface area contributed by atoms with Crippen LogP contribution in [0.25, 0.3) is 0 Å². The van der Waals surface area contributed by atoms with Gasteiger partial charge in [0.05, 0.1) is 10.4 Å². The molecule has 0 aliphatic heterocycles. The van der Waals surface area contributed by atoms with Crippen LogP contribution in [-0.2, 0) is 0 Å². The number of rotatable bonds is 2. The van der Waals surface area contributed by atoms with Crippen molar-refractivity contribution < 1.29 is 17.6 Å². The molecule has 1 unspecified atom stereocenters. The Morgan fingerprint density at radius 3 is 2.00 bits per heavy atom. The molecular formula is C14H8Cl2F4. The number of hydrogen-bond acceptors (Lipinski definition) is 0. The van der Waals surface area contributed by atoms with E-state index < -0.39 is 33.7 Å². The first-order valence-electron chi connectivity index (χ1n) is 5.55. The maximum absolute atomic E-state index is 13.7. The Hall–Kier alpha value is -1.26. The van der Waals surface area contributed by atoms with Crippen molar-refractivity contribution in [3.63, 3.8) is 0 Å². The highest BCUT2D eigenvalue weighted by Gasteiger charge is 2.22. The maximum Gasteiger partial charge on any atom is 0.142 e. The Balaban J connectivity index is 2.54. The molecule has 1 atom stereocenters. The molecule has 20 heavy (non-hydrogen) atoms. The van der Waals surface area contributed by atoms with Crippen LogP contribution < -0.4 is 0 Å². The minimum absolute atomic E-state index is 0.133. The number of alkyl halides is 1. The Kier molecular flexibility index (Phi) is 4.25. The highest BCUT2D eigenvalue weighted by Crippen LogP contribution is 2.35. The van der Waals surface area contributed by atoms with E-state index in [1.807, 2.05) is 0 Å². The van der Waals surface area contributed by atoms with E-state index in [4.69, 9.17) is 23.2 Å². The van der Waals surface area contributed by atoms with E-state index in [1.54, 1.807) is 0 Å². The highest BCUT2D eigenvalue weighted by atomic mass is 35.5. The lowest BCUT2D eigenvalue weighted by atomic mass is 10.0. The summed E-state index contributed by atoms with van der Waals surface area (Å²) >= 11 is 11.4. The number of aryl methyl sites for hydroxylation is 1. The van der Waals surface area contributed by atoms with E-state index in [-0.39, 0.29) is 16.7 Å². The molecule has 0 radical (unpaired) electrons. The molecule has 106 valence electrons. The first-order valence-corrected chi connectivity index (χ1v) is 6.36. The van der Waals surface area contributed by atoms with E-state index in [2.05, 4.69) is 0 Å². The van der Waals surface area contributed by atoms with Gasteiger partial charge in [0.1, 0.15) is 23.3 Å². The third kappa shape index (κ3) is 2.76. The number of benzene rings is 2. The van der Waals surface area contributed by atoms with Crippen LogP contribution in [0.5, 0.6) is 0 Å². The van der Waals surface area contributed by atoms with Crippen molar-refractivity contribution in [2.45, 2.75) is 12.3 Å². The summed E-state index contributed by atoms with van der Waals surface area (Å²) in [6, 6.07) is 3.38. The van der Waals surface area contributed by atoms with Gasteiger partial charge in [-0.2, -0.15) is 0 Å². The fraction of sp³-hybridized carbons (Fsp3) is 0.143. The van der Waals surface area contributed by atoms with Gasteiger partial charge in [-0.15, -0.1) is 11.6 Å². The first-order chi connectivity index (χ1) is 9.31. The van der Waals surface area contributed by atoms with Gasteiger partial charge in [0.25, 0.3) is 0 Å². The lowest BCUT2D eigenvalue weighted by Crippen LogP contribution is -2.03. The fourth-order valence-corrected chi connectivity index (χ4v) is 2.26. The topological polar surface area (TPSA) is 0 Å². The summed E-state index contributed by atoms with van der Waals surface area (Å²) in [5, 5.41) is -1.69. The molecule has 0 bridgehead atoms. The van der Waals surface area contributed by atoms with E-state index in [0.29, 0.717) is 6.07 Å². The van der Waals surface area contributed by atoms with Crippen LogP contribution in [0.1, 0.15) is 22.1 Å². The van der Waals surface area contributed by atoms with Crippen molar-refractivity contribution in [1.29, 1.82) is 0 Å². The average molecular weight is 323 g/mol. The summed E-state index contributed by atoms with van der Waals surface area (Å²) < 4.78 is 54.0. The van der Waals surface area contributed by atoms with Crippen LogP contribution in [-0.4, -0.2) is 0 Å². The standard InChI is InChI=1S/C14H8Cl2F4/c1-6-2-7(12(19)5-10(6)17)14(16)8-3-13(20)9(15)4-11(8)18/h2-5,14H,1H3. The second-order valence-electron chi connectivity index (χ2n) is 4.27. The summed E-state index contributed by atoms with van der Waals surface area (Å²) in [5.41, 5.74) is -0.244. The smallest absolute Gasteiger partial charge is 0.142 e. The second kappa shape index (κ2) is 5.62. The maximum atomic E-state index is 13.7. The first kappa shape index (κ1) is 15.1. The summed E-state index contributed by atoms with van der Waals surface area (Å²) in [6.07, 6.45) is 0. The molecular weight excluding hydrogens is 315 g/mol. The minimum atomic E-state index is -1.29. The van der Waals surface area contributed by atoms with Crippen LogP contribution >= 0.6 is 23.2 Å². The van der Waals surface area contributed by atoms with Gasteiger partial charge in [0.2, 0.25) is 0 Å². The van der Waals surface area contributed by atoms with E-state index >= 15 is 0 Å². The zero-order valence-electron chi connectivity index (χ0n) is 10.2. The van der Waals surface area contributed by atoms with Gasteiger partial charge in [-0.3, -0.25) is 0 Å². The lowest BCUT2D eigenvalue weighted by Gasteiger charge is -2.14. The van der Waals surface area contributed by atoms with Crippen molar-refractivity contribution in [3.8, 4) is 0 Å². The van der Waals surface area contributed by atoms with Crippen molar-refractivity contribution in [3.05, 3.63) is 69.2 Å². The van der Waals surface area contributed by atoms with Crippen LogP contribution in [0.15, 0.2) is 24.3 Å². The van der Waals surface area contributed by atoms with Gasteiger partial charge >= 0.3 is 0 Å². The molecule has 0 spiro atoms. The number of halogens is 6. The Morgan fingerprint density at radius 1 is 0.800 bits per heavy atom. The molecule has 0 aliphatic carbocycles. The third-order valence-electron chi connectivity index (χ3n) is 2.86. The second-order valence-corrected chi connectivity index (χ2v) is 5.12. The predicted molar refractivity (Wildman–Crippen MR) is 70.2 cm³/mol. The zero-order chi connectivity index (χ0) is 15.0. The minimum Gasteiger partial charge on any atom is -0.207 e. The predicted octanol–water partition coefficient (Wildman–Crippen LogP) is 5.53. The Labute approximate surface area is 122 Å². The zero-order valence-corrected chi connectivity index (χ0v) is 11.7. The third-order valence-corrected chi connectivity index (χ3v) is 3.62. The summed E-state index contributed by atoms with van der Waals surface area (Å²) in [6.45, 7) is 1.42. The lowest BCUT2D eigenvalue weighted by molar-refractivity contribution is 0.562. The largest absolute Gasteiger partial charge is 0.207 e. The summed E-state index contributed by atoms with van der Waals surface area (Å²) in [7, 11) is 0. The molecule has 0 fully saturated rings. The monoisotopic (exact) mass is 322 g/mol. The molecule has 0 aromatic heterocycles. The van der Waals surface area contributed by atoms with Crippen LogP contribution in [0.4, 0.5) is 17.6 Å². The van der Waals surface area contributed by atoms with Gasteiger partial charge in [0.15, 0.2) is 0 Å². The molecule has 2 rings (SSSR count). The van der Waals surface area contributed by atoms with Gasteiger partial charge in [0, 0.05) is 17.2 Å². The molecule has 2 aromatic carbocycles. The van der Waals surface area contributed by atoms with E-state index in [1.165, 1.54) is 6.92 Å². The highest BCUT2D eigenvalue weighted by molar-refractivity contribution is 6.30. The van der Waals surface area contributed by atoms with Crippen molar-refractivity contribution in [2.75, 3.05) is 0 Å². The van der Waals surface area contributed by atoms with E-state index in [9.17, 15) is 17.6 Å². The van der Waals surface area contributed by atoms with Gasteiger partial charge in [-0.1, -0.05) is 11.6 Å². The molecule has 0 saturated carbocycles.